The van der Waals surface area contributed by atoms with E-state index in [1.54, 1.807) is 43.3 Å². The number of hydrogen-bond acceptors (Lipinski definition) is 5. The van der Waals surface area contributed by atoms with Crippen molar-refractivity contribution in [1.29, 1.82) is 0 Å². The molecule has 0 bridgehead atoms. The molecule has 0 fully saturated rings. The quantitative estimate of drug-likeness (QED) is 0.551. The van der Waals surface area contributed by atoms with Crippen molar-refractivity contribution in [1.82, 2.24) is 10.0 Å². The Morgan fingerprint density at radius 3 is 2.45 bits per heavy atom. The standard InChI is InChI=1S/C20H25N3O4S2/c1-4-14(3)23-29(25,26)18-11-9-16(10-12-18)21-20(28)22-19(24)15-7-6-8-17(13-15)27-5-2/h6-14,23H,4-5H2,1-3H3,(H2,21,22,24,28). The third-order valence-corrected chi connectivity index (χ3v) is 5.84. The van der Waals surface area contributed by atoms with E-state index in [0.29, 0.717) is 30.0 Å². The number of anilines is 1. The van der Waals surface area contributed by atoms with E-state index < -0.39 is 10.0 Å². The summed E-state index contributed by atoms with van der Waals surface area (Å²) in [7, 11) is -3.57. The van der Waals surface area contributed by atoms with Crippen LogP contribution in [-0.4, -0.2) is 32.1 Å². The lowest BCUT2D eigenvalue weighted by molar-refractivity contribution is 0.0977. The van der Waals surface area contributed by atoms with Gasteiger partial charge in [0.25, 0.3) is 5.91 Å². The average Bonchev–Trinajstić information content (AvgIpc) is 2.68. The van der Waals surface area contributed by atoms with E-state index in [0.717, 1.165) is 0 Å². The Morgan fingerprint density at radius 1 is 1.14 bits per heavy atom. The number of carbonyl (C=O) groups is 1. The van der Waals surface area contributed by atoms with Crippen molar-refractivity contribution < 1.29 is 17.9 Å². The minimum absolute atomic E-state index is 0.102. The van der Waals surface area contributed by atoms with Crippen molar-refractivity contribution in [2.75, 3.05) is 11.9 Å². The highest BCUT2D eigenvalue weighted by molar-refractivity contribution is 7.89. The van der Waals surface area contributed by atoms with E-state index in [4.69, 9.17) is 17.0 Å². The van der Waals surface area contributed by atoms with Gasteiger partial charge in [0, 0.05) is 17.3 Å². The van der Waals surface area contributed by atoms with Gasteiger partial charge in [-0.25, -0.2) is 13.1 Å². The molecule has 0 aliphatic rings. The lowest BCUT2D eigenvalue weighted by atomic mass is 10.2. The molecule has 3 N–H and O–H groups in total. The van der Waals surface area contributed by atoms with Gasteiger partial charge in [-0.15, -0.1) is 0 Å². The summed E-state index contributed by atoms with van der Waals surface area (Å²) in [5.41, 5.74) is 0.971. The van der Waals surface area contributed by atoms with Crippen molar-refractivity contribution in [2.24, 2.45) is 0 Å². The van der Waals surface area contributed by atoms with E-state index in [1.165, 1.54) is 12.1 Å². The molecule has 156 valence electrons. The molecule has 1 unspecified atom stereocenters. The number of hydrogen-bond donors (Lipinski definition) is 3. The van der Waals surface area contributed by atoms with Gasteiger partial charge in [0.05, 0.1) is 11.5 Å². The summed E-state index contributed by atoms with van der Waals surface area (Å²) < 4.78 is 32.6. The Kier molecular flexibility index (Phi) is 8.12. The third kappa shape index (κ3) is 6.81. The Morgan fingerprint density at radius 2 is 1.83 bits per heavy atom. The van der Waals surface area contributed by atoms with Crippen molar-refractivity contribution in [2.45, 2.75) is 38.1 Å². The second kappa shape index (κ2) is 10.3. The second-order valence-electron chi connectivity index (χ2n) is 6.32. The fraction of sp³-hybridized carbons (Fsp3) is 0.300. The molecule has 0 aliphatic heterocycles. The number of thiocarbonyl (C=S) groups is 1. The maximum Gasteiger partial charge on any atom is 0.257 e. The number of benzene rings is 2. The number of sulfonamides is 1. The molecule has 0 spiro atoms. The molecule has 2 aromatic rings. The van der Waals surface area contributed by atoms with Crippen molar-refractivity contribution >= 4 is 38.9 Å². The Hall–Kier alpha value is -2.49. The molecule has 9 heteroatoms. The molecule has 0 saturated heterocycles. The first-order valence-electron chi connectivity index (χ1n) is 9.22. The van der Waals surface area contributed by atoms with E-state index in [9.17, 15) is 13.2 Å². The first-order chi connectivity index (χ1) is 13.7. The molecule has 2 rings (SSSR count). The fourth-order valence-corrected chi connectivity index (χ4v) is 3.90. The van der Waals surface area contributed by atoms with Gasteiger partial charge in [0.15, 0.2) is 5.11 Å². The van der Waals surface area contributed by atoms with Crippen LogP contribution in [0.4, 0.5) is 5.69 Å². The SMILES string of the molecule is CCOc1cccc(C(=O)NC(=S)Nc2ccc(S(=O)(=O)NC(C)CC)cc2)c1. The van der Waals surface area contributed by atoms with Gasteiger partial charge in [0.2, 0.25) is 10.0 Å². The van der Waals surface area contributed by atoms with Crippen LogP contribution >= 0.6 is 12.2 Å². The second-order valence-corrected chi connectivity index (χ2v) is 8.45. The summed E-state index contributed by atoms with van der Waals surface area (Å²) in [4.78, 5) is 12.5. The summed E-state index contributed by atoms with van der Waals surface area (Å²) in [6.07, 6.45) is 0.695. The molecule has 0 aliphatic carbocycles. The Labute approximate surface area is 176 Å². The summed E-state index contributed by atoms with van der Waals surface area (Å²) in [6.45, 7) is 6.08. The van der Waals surface area contributed by atoms with Crippen LogP contribution in [0.5, 0.6) is 5.75 Å². The lowest BCUT2D eigenvalue weighted by Gasteiger charge is -2.13. The minimum atomic E-state index is -3.57. The molecule has 2 aromatic carbocycles. The van der Waals surface area contributed by atoms with E-state index >= 15 is 0 Å². The molecule has 29 heavy (non-hydrogen) atoms. The molecule has 0 radical (unpaired) electrons. The lowest BCUT2D eigenvalue weighted by Crippen LogP contribution is -2.34. The monoisotopic (exact) mass is 435 g/mol. The zero-order chi connectivity index (χ0) is 21.4. The maximum atomic E-state index is 12.3. The van der Waals surface area contributed by atoms with Crippen molar-refractivity contribution in [3.8, 4) is 5.75 Å². The van der Waals surface area contributed by atoms with Gasteiger partial charge in [-0.1, -0.05) is 13.0 Å². The Bertz CT molecular complexity index is 960. The summed E-state index contributed by atoms with van der Waals surface area (Å²) in [6, 6.07) is 12.7. The third-order valence-electron chi connectivity index (χ3n) is 4.03. The highest BCUT2D eigenvalue weighted by Gasteiger charge is 2.16. The molecular weight excluding hydrogens is 410 g/mol. The van der Waals surface area contributed by atoms with E-state index in [-0.39, 0.29) is 22.0 Å². The zero-order valence-corrected chi connectivity index (χ0v) is 18.2. The predicted octanol–water partition coefficient (Wildman–Crippen LogP) is 3.29. The van der Waals surface area contributed by atoms with Crippen molar-refractivity contribution in [3.05, 3.63) is 54.1 Å². The summed E-state index contributed by atoms with van der Waals surface area (Å²) in [5, 5.41) is 5.56. The molecule has 7 nitrogen and oxygen atoms in total. The topological polar surface area (TPSA) is 96.5 Å². The van der Waals surface area contributed by atoms with Crippen LogP contribution in [-0.2, 0) is 10.0 Å². The zero-order valence-electron chi connectivity index (χ0n) is 16.6. The van der Waals surface area contributed by atoms with Gasteiger partial charge in [-0.2, -0.15) is 0 Å². The molecular formula is C20H25N3O4S2. The normalized spacial score (nSPS) is 12.1. The summed E-state index contributed by atoms with van der Waals surface area (Å²) in [5.74, 6) is 0.225. The van der Waals surface area contributed by atoms with Crippen LogP contribution in [0.25, 0.3) is 0 Å². The maximum absolute atomic E-state index is 12.3. The highest BCUT2D eigenvalue weighted by Crippen LogP contribution is 2.16. The molecule has 0 heterocycles. The van der Waals surface area contributed by atoms with Gasteiger partial charge in [-0.05, 0) is 75.0 Å². The molecule has 1 atom stereocenters. The van der Waals surface area contributed by atoms with Gasteiger partial charge in [0.1, 0.15) is 5.75 Å². The fourth-order valence-electron chi connectivity index (χ4n) is 2.37. The highest BCUT2D eigenvalue weighted by atomic mass is 32.2. The van der Waals surface area contributed by atoms with E-state index in [2.05, 4.69) is 15.4 Å². The largest absolute Gasteiger partial charge is 0.494 e. The number of rotatable bonds is 8. The minimum Gasteiger partial charge on any atom is -0.494 e. The first kappa shape index (κ1) is 22.8. The van der Waals surface area contributed by atoms with E-state index in [1.807, 2.05) is 13.8 Å². The summed E-state index contributed by atoms with van der Waals surface area (Å²) >= 11 is 5.17. The van der Waals surface area contributed by atoms with Crippen LogP contribution in [0.15, 0.2) is 53.4 Å². The van der Waals surface area contributed by atoms with Gasteiger partial charge in [-0.3, -0.25) is 10.1 Å². The predicted molar refractivity (Wildman–Crippen MR) is 118 cm³/mol. The van der Waals surface area contributed by atoms with Gasteiger partial charge >= 0.3 is 0 Å². The number of ether oxygens (including phenoxy) is 1. The van der Waals surface area contributed by atoms with Crippen molar-refractivity contribution in [3.63, 3.8) is 0 Å². The number of carbonyl (C=O) groups excluding carboxylic acids is 1. The smallest absolute Gasteiger partial charge is 0.257 e. The van der Waals surface area contributed by atoms with Crippen LogP contribution in [0.1, 0.15) is 37.6 Å². The van der Waals surface area contributed by atoms with Crippen LogP contribution < -0.4 is 20.1 Å². The molecule has 0 aromatic heterocycles. The van der Waals surface area contributed by atoms with Crippen LogP contribution in [0, 0.1) is 0 Å². The molecule has 0 saturated carbocycles. The number of amides is 1. The van der Waals surface area contributed by atoms with Crippen LogP contribution in [0.3, 0.4) is 0 Å². The van der Waals surface area contributed by atoms with Crippen LogP contribution in [0.2, 0.25) is 0 Å². The first-order valence-corrected chi connectivity index (χ1v) is 11.1. The number of nitrogens with one attached hydrogen (secondary N) is 3. The molecule has 1 amide bonds. The average molecular weight is 436 g/mol. The Balaban J connectivity index is 1.99. The van der Waals surface area contributed by atoms with Gasteiger partial charge < -0.3 is 10.1 Å².